The van der Waals surface area contributed by atoms with Crippen LogP contribution in [0.3, 0.4) is 0 Å². The standard InChI is InChI=1S/C34H62N9O6P/c1-6-30(45)39-29-22-41(19-14-28-15-20-50-43(28)32(29)47)34(49)37-17-10-8-7-9-16-36-33(48)40(21-24(2)38-31(46)26(4)35-5)18-13-27-12-11-25(3)42(27)23-44/h23-29,35,50H,6-22H2,1-5H3,(H,36,48)(H,37,49)(H,38,46)(H,39,45)/t24?,25?,26?,27-,28-,29-/m1/s1. The van der Waals surface area contributed by atoms with E-state index in [-0.39, 0.29) is 73.0 Å². The molecule has 3 rings (SSSR count). The van der Waals surface area contributed by atoms with Gasteiger partial charge in [-0.3, -0.25) is 19.2 Å². The second-order valence-electron chi connectivity index (χ2n) is 13.9. The SMILES string of the molecule is CCC(=O)N[C@@H]1CN(C(=O)NCCCCCCNC(=O)N(CC[C@H]2CCC(C)N2C=O)CC(C)NC(=O)C(C)NC)CC[C@@H]2CCPN2C1=O. The highest BCUT2D eigenvalue weighted by atomic mass is 31.1. The lowest BCUT2D eigenvalue weighted by molar-refractivity contribution is -0.134. The molecule has 15 nitrogen and oxygen atoms in total. The summed E-state index contributed by atoms with van der Waals surface area (Å²) in [6, 6.07) is -1.32. The van der Waals surface area contributed by atoms with Gasteiger partial charge in [-0.1, -0.05) is 19.8 Å². The van der Waals surface area contributed by atoms with Crippen LogP contribution in [0.15, 0.2) is 0 Å². The number of hydrogen-bond acceptors (Lipinski definition) is 7. The molecule has 50 heavy (non-hydrogen) atoms. The number of amides is 8. The lowest BCUT2D eigenvalue weighted by Gasteiger charge is -2.36. The summed E-state index contributed by atoms with van der Waals surface area (Å²) in [5.41, 5.74) is 0. The quantitative estimate of drug-likeness (QED) is 0.0811. The van der Waals surface area contributed by atoms with Crippen LogP contribution in [-0.4, -0.2) is 144 Å². The van der Waals surface area contributed by atoms with Crippen LogP contribution in [0.2, 0.25) is 0 Å². The monoisotopic (exact) mass is 723 g/mol. The van der Waals surface area contributed by atoms with Gasteiger partial charge >= 0.3 is 12.1 Å². The topological polar surface area (TPSA) is 176 Å². The Labute approximate surface area is 299 Å². The van der Waals surface area contributed by atoms with E-state index in [2.05, 4.69) is 26.6 Å². The van der Waals surface area contributed by atoms with Gasteiger partial charge in [0.25, 0.3) is 0 Å². The lowest BCUT2D eigenvalue weighted by Crippen LogP contribution is -2.57. The Kier molecular flexibility index (Phi) is 17.5. The summed E-state index contributed by atoms with van der Waals surface area (Å²) in [7, 11) is 2.16. The van der Waals surface area contributed by atoms with Crippen LogP contribution in [0.25, 0.3) is 0 Å². The highest BCUT2D eigenvalue weighted by Gasteiger charge is 2.38. The summed E-state index contributed by atoms with van der Waals surface area (Å²) in [4.78, 5) is 81.0. The molecular formula is C34H62N9O6P. The van der Waals surface area contributed by atoms with E-state index in [9.17, 15) is 28.8 Å². The van der Waals surface area contributed by atoms with E-state index >= 15 is 0 Å². The summed E-state index contributed by atoms with van der Waals surface area (Å²) < 4.78 is 1.90. The summed E-state index contributed by atoms with van der Waals surface area (Å²) >= 11 is 0. The van der Waals surface area contributed by atoms with Crippen molar-refractivity contribution >= 4 is 44.9 Å². The number of likely N-dealkylation sites (tertiary alicyclic amines) is 1. The maximum Gasteiger partial charge on any atom is 0.317 e. The van der Waals surface area contributed by atoms with E-state index in [1.807, 2.05) is 23.4 Å². The molecule has 8 amide bonds. The molecule has 0 radical (unpaired) electrons. The van der Waals surface area contributed by atoms with Gasteiger partial charge in [-0.05, 0) is 87.7 Å². The van der Waals surface area contributed by atoms with Crippen LogP contribution in [0.4, 0.5) is 9.59 Å². The zero-order chi connectivity index (χ0) is 36.6. The average molecular weight is 724 g/mol. The first-order valence-electron chi connectivity index (χ1n) is 18.6. The van der Waals surface area contributed by atoms with Crippen molar-refractivity contribution in [2.75, 3.05) is 52.5 Å². The van der Waals surface area contributed by atoms with Crippen molar-refractivity contribution in [1.29, 1.82) is 0 Å². The van der Waals surface area contributed by atoms with Gasteiger partial charge in [0, 0.05) is 63.3 Å². The normalized spacial score (nSPS) is 23.8. The summed E-state index contributed by atoms with van der Waals surface area (Å²) in [5, 5.41) is 14.7. The lowest BCUT2D eigenvalue weighted by atomic mass is 10.1. The van der Waals surface area contributed by atoms with Gasteiger partial charge in [-0.25, -0.2) is 9.59 Å². The molecule has 4 unspecified atom stereocenters. The van der Waals surface area contributed by atoms with Crippen molar-refractivity contribution in [3.63, 3.8) is 0 Å². The zero-order valence-electron chi connectivity index (χ0n) is 30.8. The van der Waals surface area contributed by atoms with E-state index in [0.717, 1.165) is 63.9 Å². The van der Waals surface area contributed by atoms with Gasteiger partial charge in [0.15, 0.2) is 0 Å². The third-order valence-corrected chi connectivity index (χ3v) is 11.5. The second-order valence-corrected chi connectivity index (χ2v) is 15.2. The maximum absolute atomic E-state index is 13.3. The second kappa shape index (κ2) is 21.2. The highest BCUT2D eigenvalue weighted by Crippen LogP contribution is 2.36. The summed E-state index contributed by atoms with van der Waals surface area (Å²) in [6.45, 7) is 9.99. The number of likely N-dealkylation sites (N-methyl/N-ethyl adjacent to an activating group) is 1. The first-order chi connectivity index (χ1) is 24.0. The molecule has 0 saturated carbocycles. The van der Waals surface area contributed by atoms with E-state index in [1.54, 1.807) is 30.7 Å². The third-order valence-electron chi connectivity index (χ3n) is 10.1. The number of carbonyl (C=O) groups is 6. The molecule has 16 heteroatoms. The average Bonchev–Trinajstić information content (AvgIpc) is 3.72. The molecule has 0 aromatic rings. The summed E-state index contributed by atoms with van der Waals surface area (Å²) in [5.74, 6) is -0.417. The number of carbonyl (C=O) groups excluding carboxylic acids is 6. The zero-order valence-corrected chi connectivity index (χ0v) is 31.8. The predicted molar refractivity (Wildman–Crippen MR) is 195 cm³/mol. The molecule has 3 saturated heterocycles. The van der Waals surface area contributed by atoms with Crippen molar-refractivity contribution < 1.29 is 28.8 Å². The van der Waals surface area contributed by atoms with Crippen LogP contribution < -0.4 is 26.6 Å². The Morgan fingerprint density at radius 1 is 1.02 bits per heavy atom. The molecule has 3 fully saturated rings. The largest absolute Gasteiger partial charge is 0.351 e. The van der Waals surface area contributed by atoms with Crippen LogP contribution in [0, 0.1) is 0 Å². The number of urea groups is 2. The molecule has 3 aliphatic heterocycles. The van der Waals surface area contributed by atoms with Gasteiger partial charge in [0.1, 0.15) is 6.04 Å². The van der Waals surface area contributed by atoms with E-state index < -0.39 is 6.04 Å². The first-order valence-corrected chi connectivity index (χ1v) is 19.8. The first kappa shape index (κ1) is 41.2. The summed E-state index contributed by atoms with van der Waals surface area (Å²) in [6.07, 6.45) is 9.68. The Balaban J connectivity index is 1.40. The molecule has 284 valence electrons. The molecule has 0 aromatic heterocycles. The van der Waals surface area contributed by atoms with Crippen LogP contribution in [0.1, 0.15) is 91.9 Å². The molecule has 3 aliphatic rings. The third kappa shape index (κ3) is 12.5. The van der Waals surface area contributed by atoms with E-state index in [1.165, 1.54) is 0 Å². The Bertz CT molecular complexity index is 1150. The van der Waals surface area contributed by atoms with Crippen molar-refractivity contribution in [1.82, 2.24) is 46.0 Å². The fourth-order valence-corrected chi connectivity index (χ4v) is 8.37. The molecule has 0 aromatic carbocycles. The molecule has 0 aliphatic carbocycles. The Morgan fingerprint density at radius 2 is 1.74 bits per heavy atom. The highest BCUT2D eigenvalue weighted by molar-refractivity contribution is 7.36. The minimum Gasteiger partial charge on any atom is -0.351 e. The number of rotatable bonds is 18. The fraction of sp³-hybridized carbons (Fsp3) is 0.824. The maximum atomic E-state index is 13.3. The minimum absolute atomic E-state index is 0.0891. The number of nitrogens with one attached hydrogen (secondary N) is 5. The van der Waals surface area contributed by atoms with Gasteiger partial charge in [0.2, 0.25) is 24.1 Å². The molecular weight excluding hydrogens is 661 g/mol. The van der Waals surface area contributed by atoms with Crippen molar-refractivity contribution in [2.45, 2.75) is 128 Å². The molecule has 0 spiro atoms. The van der Waals surface area contributed by atoms with Crippen molar-refractivity contribution in [2.24, 2.45) is 0 Å². The van der Waals surface area contributed by atoms with Gasteiger partial charge in [-0.15, -0.1) is 0 Å². The molecule has 3 heterocycles. The van der Waals surface area contributed by atoms with Gasteiger partial charge in [-0.2, -0.15) is 0 Å². The number of unbranched alkanes of at least 4 members (excludes halogenated alkanes) is 3. The van der Waals surface area contributed by atoms with Gasteiger partial charge in [0.05, 0.1) is 12.6 Å². The van der Waals surface area contributed by atoms with E-state index in [0.29, 0.717) is 47.9 Å². The molecule has 7 atom stereocenters. The minimum atomic E-state index is -0.728. The fourth-order valence-electron chi connectivity index (χ4n) is 6.84. The molecule has 0 bridgehead atoms. The Morgan fingerprint density at radius 3 is 2.42 bits per heavy atom. The van der Waals surface area contributed by atoms with E-state index in [4.69, 9.17) is 0 Å². The number of hydrogen-bond donors (Lipinski definition) is 5. The number of nitrogens with zero attached hydrogens (tertiary/aromatic N) is 4. The van der Waals surface area contributed by atoms with Crippen molar-refractivity contribution in [3.05, 3.63) is 0 Å². The van der Waals surface area contributed by atoms with Crippen LogP contribution in [-0.2, 0) is 19.2 Å². The number of fused-ring (bicyclic) bond motifs is 1. The van der Waals surface area contributed by atoms with Crippen LogP contribution in [0.5, 0.6) is 0 Å². The Hall–Kier alpha value is -3.19. The molecule has 5 N–H and O–H groups in total. The van der Waals surface area contributed by atoms with Gasteiger partial charge < -0.3 is 46.0 Å². The predicted octanol–water partition coefficient (Wildman–Crippen LogP) is 1.57. The van der Waals surface area contributed by atoms with Crippen LogP contribution >= 0.6 is 8.73 Å². The smallest absolute Gasteiger partial charge is 0.317 e. The van der Waals surface area contributed by atoms with Crippen molar-refractivity contribution in [3.8, 4) is 0 Å².